The maximum Gasteiger partial charge on any atom is 0.0601 e. The van der Waals surface area contributed by atoms with E-state index in [1.54, 1.807) is 0 Å². The van der Waals surface area contributed by atoms with Crippen LogP contribution in [0.5, 0.6) is 0 Å². The topological polar surface area (TPSA) is 6.48 Å². The highest BCUT2D eigenvalue weighted by molar-refractivity contribution is 8.03. The molecule has 0 fully saturated rings. The number of fused-ring (bicyclic) bond motifs is 6. The molecule has 2 heterocycles. The van der Waals surface area contributed by atoms with Crippen LogP contribution in [0.25, 0.3) is 66.7 Å². The molecule has 0 spiro atoms. The zero-order chi connectivity index (χ0) is 41.7. The van der Waals surface area contributed by atoms with Gasteiger partial charge in [0, 0.05) is 37.5 Å². The summed E-state index contributed by atoms with van der Waals surface area (Å²) in [7, 11) is 0. The minimum atomic E-state index is 0.711. The summed E-state index contributed by atoms with van der Waals surface area (Å²) < 4.78 is 0. The largest absolute Gasteiger partial charge is 0.339 e. The highest BCUT2D eigenvalue weighted by Crippen LogP contribution is 2.52. The molecule has 0 aromatic heterocycles. The van der Waals surface area contributed by atoms with Crippen molar-refractivity contribution in [3.8, 4) is 22.3 Å². The smallest absolute Gasteiger partial charge is 0.0601 e. The quantitative estimate of drug-likeness (QED) is 0.165. The standard InChI is InChI=1S/C58H44N2S2/c1-4-17-53-38(3)59(50-24-10-13-27-54(50)61-53)35-34-48-44(5-2)57(42-31-30-39-18-6-7-20-41(39)36-42)49-37-43(60-51-25-11-14-28-55(51)62-56-29-15-12-26-52(56)60)32-33-47(49)58(48)46-23-16-21-40-19-8-9-22-45(40)46/h4-34,36-37H,35H2,1-3H3/b17-4-,44-5+,48-34+. The molecule has 0 N–H and O–H groups in total. The fourth-order valence-electron chi connectivity index (χ4n) is 9.54. The number of para-hydroxylation sites is 3. The van der Waals surface area contributed by atoms with Gasteiger partial charge in [-0.15, -0.1) is 0 Å². The number of thioether (sulfide) groups is 1. The fraction of sp³-hybridized carbons (Fsp3) is 0.0690. The molecule has 0 saturated carbocycles. The first kappa shape index (κ1) is 38.2. The molecule has 0 bridgehead atoms. The predicted molar refractivity (Wildman–Crippen MR) is 270 cm³/mol. The second-order valence-corrected chi connectivity index (χ2v) is 18.1. The van der Waals surface area contributed by atoms with Crippen LogP contribution in [-0.2, 0) is 0 Å². The monoisotopic (exact) mass is 832 g/mol. The molecular weight excluding hydrogens is 789 g/mol. The Morgan fingerprint density at radius 2 is 1.15 bits per heavy atom. The van der Waals surface area contributed by atoms with E-state index in [1.807, 2.05) is 23.5 Å². The summed E-state index contributed by atoms with van der Waals surface area (Å²) in [6.45, 7) is 7.30. The average molecular weight is 833 g/mol. The van der Waals surface area contributed by atoms with Crippen LogP contribution in [0.1, 0.15) is 20.8 Å². The molecular formula is C58H44N2S2. The highest BCUT2D eigenvalue weighted by atomic mass is 32.2. The second kappa shape index (κ2) is 16.0. The predicted octanol–water partition coefficient (Wildman–Crippen LogP) is 15.4. The first-order valence-electron chi connectivity index (χ1n) is 21.4. The Hall–Kier alpha value is -6.72. The lowest BCUT2D eigenvalue weighted by molar-refractivity contribution is 0.998. The van der Waals surface area contributed by atoms with E-state index in [9.17, 15) is 0 Å². The Bertz CT molecular complexity index is 3400. The van der Waals surface area contributed by atoms with Gasteiger partial charge in [-0.05, 0) is 140 Å². The Labute approximate surface area is 371 Å². The summed E-state index contributed by atoms with van der Waals surface area (Å²) in [4.78, 5) is 10.0. The molecule has 9 aromatic rings. The normalized spacial score (nSPS) is 14.3. The van der Waals surface area contributed by atoms with Gasteiger partial charge in [0.2, 0.25) is 0 Å². The van der Waals surface area contributed by atoms with E-state index in [4.69, 9.17) is 0 Å². The molecule has 0 aliphatic carbocycles. The number of hydrogen-bond acceptors (Lipinski definition) is 4. The molecule has 0 radical (unpaired) electrons. The number of allylic oxidation sites excluding steroid dienone is 3. The van der Waals surface area contributed by atoms with Gasteiger partial charge in [-0.1, -0.05) is 169 Å². The first-order chi connectivity index (χ1) is 30.6. The van der Waals surface area contributed by atoms with Gasteiger partial charge >= 0.3 is 0 Å². The summed E-state index contributed by atoms with van der Waals surface area (Å²) in [5.41, 5.74) is 11.0. The third kappa shape index (κ3) is 6.45. The van der Waals surface area contributed by atoms with Gasteiger partial charge < -0.3 is 9.80 Å². The minimum absolute atomic E-state index is 0.711. The van der Waals surface area contributed by atoms with Gasteiger partial charge in [-0.3, -0.25) is 0 Å². The van der Waals surface area contributed by atoms with E-state index in [-0.39, 0.29) is 0 Å². The third-order valence-corrected chi connectivity index (χ3v) is 14.7. The zero-order valence-corrected chi connectivity index (χ0v) is 36.6. The van der Waals surface area contributed by atoms with Crippen LogP contribution in [0.3, 0.4) is 0 Å². The van der Waals surface area contributed by atoms with Crippen molar-refractivity contribution in [3.63, 3.8) is 0 Å². The molecule has 4 heteroatoms. The summed E-state index contributed by atoms with van der Waals surface area (Å²) in [5.74, 6) is 0. The molecule has 298 valence electrons. The number of rotatable bonds is 6. The van der Waals surface area contributed by atoms with Crippen LogP contribution in [0, 0.1) is 0 Å². The maximum absolute atomic E-state index is 2.50. The SMILES string of the molecule is C/C=C\C1=C(C)N(C/C=c2/c(-c3cccc4ccccc34)c3ccc(N4c5ccccc5Sc5ccccc54)cc3c(-c3ccc4ccccc4c3)/c2=C/C)c2ccccc2S1. The van der Waals surface area contributed by atoms with Crippen LogP contribution in [0.15, 0.2) is 213 Å². The lowest BCUT2D eigenvalue weighted by atomic mass is 9.85. The molecule has 0 atom stereocenters. The van der Waals surface area contributed by atoms with Crippen molar-refractivity contribution >= 4 is 90.7 Å². The van der Waals surface area contributed by atoms with E-state index >= 15 is 0 Å². The Morgan fingerprint density at radius 3 is 1.89 bits per heavy atom. The number of hydrogen-bond donors (Lipinski definition) is 0. The van der Waals surface area contributed by atoms with E-state index in [0.717, 1.165) is 5.69 Å². The number of anilines is 4. The van der Waals surface area contributed by atoms with Crippen molar-refractivity contribution in [2.24, 2.45) is 0 Å². The Morgan fingerprint density at radius 1 is 0.500 bits per heavy atom. The lowest BCUT2D eigenvalue weighted by Gasteiger charge is -2.33. The number of benzene rings is 9. The summed E-state index contributed by atoms with van der Waals surface area (Å²) in [5, 5.41) is 9.89. The molecule has 0 saturated heterocycles. The van der Waals surface area contributed by atoms with Crippen LogP contribution in [0.2, 0.25) is 0 Å². The molecule has 11 rings (SSSR count). The van der Waals surface area contributed by atoms with Crippen molar-refractivity contribution in [1.29, 1.82) is 0 Å². The highest BCUT2D eigenvalue weighted by Gasteiger charge is 2.26. The minimum Gasteiger partial charge on any atom is -0.339 e. The summed E-state index contributed by atoms with van der Waals surface area (Å²) in [6, 6.07) is 65.0. The molecule has 2 aliphatic heterocycles. The second-order valence-electron chi connectivity index (χ2n) is 15.9. The van der Waals surface area contributed by atoms with Crippen molar-refractivity contribution in [3.05, 3.63) is 209 Å². The van der Waals surface area contributed by atoms with E-state index in [2.05, 4.69) is 231 Å². The van der Waals surface area contributed by atoms with Gasteiger partial charge in [0.15, 0.2) is 0 Å². The van der Waals surface area contributed by atoms with Crippen LogP contribution < -0.4 is 20.2 Å². The van der Waals surface area contributed by atoms with Crippen molar-refractivity contribution in [2.75, 3.05) is 16.3 Å². The number of nitrogens with zero attached hydrogens (tertiary/aromatic N) is 2. The van der Waals surface area contributed by atoms with Crippen LogP contribution in [0.4, 0.5) is 22.7 Å². The molecule has 2 aliphatic rings. The van der Waals surface area contributed by atoms with Gasteiger partial charge in [0.05, 0.1) is 17.1 Å². The average Bonchev–Trinajstić information content (AvgIpc) is 3.32. The van der Waals surface area contributed by atoms with Crippen molar-refractivity contribution in [2.45, 2.75) is 35.5 Å². The van der Waals surface area contributed by atoms with Gasteiger partial charge in [-0.2, -0.15) is 0 Å². The van der Waals surface area contributed by atoms with Gasteiger partial charge in [0.1, 0.15) is 0 Å². The van der Waals surface area contributed by atoms with Crippen LogP contribution >= 0.6 is 23.5 Å². The molecule has 62 heavy (non-hydrogen) atoms. The van der Waals surface area contributed by atoms with E-state index in [1.165, 1.54) is 107 Å². The fourth-order valence-corrected chi connectivity index (χ4v) is 11.7. The van der Waals surface area contributed by atoms with Crippen molar-refractivity contribution in [1.82, 2.24) is 0 Å². The Kier molecular flexibility index (Phi) is 9.83. The van der Waals surface area contributed by atoms with Crippen LogP contribution in [-0.4, -0.2) is 6.54 Å². The van der Waals surface area contributed by atoms with E-state index < -0.39 is 0 Å². The zero-order valence-electron chi connectivity index (χ0n) is 35.0. The van der Waals surface area contributed by atoms with E-state index in [0.29, 0.717) is 6.54 Å². The first-order valence-corrected chi connectivity index (χ1v) is 23.0. The van der Waals surface area contributed by atoms with Gasteiger partial charge in [-0.25, -0.2) is 0 Å². The lowest BCUT2D eigenvalue weighted by Crippen LogP contribution is -2.33. The summed E-state index contributed by atoms with van der Waals surface area (Å²) in [6.07, 6.45) is 9.26. The molecule has 0 amide bonds. The maximum atomic E-state index is 2.50. The van der Waals surface area contributed by atoms with Crippen molar-refractivity contribution < 1.29 is 0 Å². The summed E-state index contributed by atoms with van der Waals surface area (Å²) >= 11 is 3.70. The molecule has 9 aromatic carbocycles. The third-order valence-electron chi connectivity index (χ3n) is 12.4. The van der Waals surface area contributed by atoms with Gasteiger partial charge in [0.25, 0.3) is 0 Å². The molecule has 0 unspecified atom stereocenters. The Balaban J connectivity index is 1.26. The molecule has 2 nitrogen and oxygen atoms in total.